The number of aromatic nitrogens is 4. The maximum Gasteiger partial charge on any atom is 0.338 e. The number of fused-ring (bicyclic) bond motifs is 1. The van der Waals surface area contributed by atoms with Gasteiger partial charge in [0.25, 0.3) is 5.69 Å². The largest absolute Gasteiger partial charge is 0.479 e. The van der Waals surface area contributed by atoms with E-state index in [0.717, 1.165) is 60.7 Å². The molecule has 0 radical (unpaired) electrons. The van der Waals surface area contributed by atoms with E-state index in [2.05, 4.69) is 15.3 Å². The molecule has 0 bridgehead atoms. The number of aryl methyl sites for hydroxylation is 3. The highest BCUT2D eigenvalue weighted by molar-refractivity contribution is 5.89. The van der Waals surface area contributed by atoms with Crippen LogP contribution in [0.25, 0.3) is 10.9 Å². The van der Waals surface area contributed by atoms with E-state index in [0.29, 0.717) is 38.6 Å². The number of unbranched alkanes of at least 4 members (excludes halogenated alkanes) is 1. The van der Waals surface area contributed by atoms with E-state index in [1.54, 1.807) is 35.0 Å². The molecule has 410 valence electrons. The first-order valence-electron chi connectivity index (χ1n) is 26.3. The monoisotopic (exact) mass is 1050 g/mol. The van der Waals surface area contributed by atoms with Crippen LogP contribution in [0.1, 0.15) is 113 Å². The fraction of sp³-hybridized carbons (Fsp3) is 0.642. The molecule has 2 aromatic heterocycles. The smallest absolute Gasteiger partial charge is 0.338 e. The number of nitrogens with one attached hydrogen (secondary N) is 1. The molecule has 6 unspecified atom stereocenters. The molecule has 2 saturated heterocycles. The number of carbonyl (C=O) groups excluding carboxylic acids is 2. The molecule has 75 heavy (non-hydrogen) atoms. The molecule has 7 N–H and O–H groups in total. The standard InChI is InChI=1S/C53H71N5O17/c1-29-22-34(39(60)18-10-9-17-35-27-57(56-55-35)21-11-16-33-26-54-38-20-19-36(58(68)69)25-37(33)38)24-40(47(29)75-52-46(64)45(63)43(61)30(2)70-52)72-53-49(74-51(67)32-14-7-4-8-15-32)48(44(62)42(28-59)73-53)71-41(50(65)66)23-31-12-5-3-6-13-31/h4,7-8,14-15,19-20,25-27,29-31,34,40-49,52-54,59,61-64H,3,5-6,9-13,16-18,21-24,28H2,1-2H3,(H,65,66)/t29?,30?,34?,40-,41+,42+,43-,44+,45+,46?,47-,48?,49?,52+,53-/m1/s1. The van der Waals surface area contributed by atoms with Gasteiger partial charge in [-0.05, 0) is 93.9 Å². The van der Waals surface area contributed by atoms with E-state index in [1.165, 1.54) is 25.1 Å². The number of Topliss-reactive ketones (excluding diaryl/α,β-unsaturated/α-hetero) is 1. The van der Waals surface area contributed by atoms with Gasteiger partial charge in [0.2, 0.25) is 0 Å². The number of non-ortho nitro benzene ring substituents is 1. The van der Waals surface area contributed by atoms with Crippen molar-refractivity contribution in [1.82, 2.24) is 20.0 Å². The van der Waals surface area contributed by atoms with Gasteiger partial charge < -0.3 is 64.0 Å². The van der Waals surface area contributed by atoms with Gasteiger partial charge in [-0.2, -0.15) is 0 Å². The summed E-state index contributed by atoms with van der Waals surface area (Å²) in [5.74, 6) is -3.25. The minimum Gasteiger partial charge on any atom is -0.479 e. The number of esters is 1. The number of ether oxygens (including phenoxy) is 6. The number of ketones is 1. The Morgan fingerprint density at radius 1 is 0.880 bits per heavy atom. The Bertz CT molecular complexity index is 2520. The summed E-state index contributed by atoms with van der Waals surface area (Å²) in [6, 6.07) is 12.7. The first-order valence-corrected chi connectivity index (χ1v) is 26.3. The highest BCUT2D eigenvalue weighted by Gasteiger charge is 2.54. The number of aromatic amines is 1. The second-order valence-electron chi connectivity index (χ2n) is 20.8. The Hall–Kier alpha value is -5.27. The maximum atomic E-state index is 14.2. The third-order valence-corrected chi connectivity index (χ3v) is 15.4. The number of aliphatic hydroxyl groups excluding tert-OH is 5. The molecule has 2 aromatic carbocycles. The van der Waals surface area contributed by atoms with E-state index in [9.17, 15) is 55.1 Å². The Balaban J connectivity index is 0.962. The third kappa shape index (κ3) is 13.8. The van der Waals surface area contributed by atoms with Gasteiger partial charge in [-0.15, -0.1) is 5.10 Å². The van der Waals surface area contributed by atoms with E-state index in [4.69, 9.17) is 28.4 Å². The van der Waals surface area contributed by atoms with Gasteiger partial charge in [0, 0.05) is 54.3 Å². The molecular formula is C53H71N5O17. The molecule has 2 aliphatic heterocycles. The first-order chi connectivity index (χ1) is 36.1. The molecule has 0 amide bonds. The molecule has 8 rings (SSSR count). The zero-order chi connectivity index (χ0) is 53.3. The van der Waals surface area contributed by atoms with Crippen LogP contribution in [0.3, 0.4) is 0 Å². The average molecular weight is 1050 g/mol. The summed E-state index contributed by atoms with van der Waals surface area (Å²) in [6.45, 7) is 3.15. The lowest BCUT2D eigenvalue weighted by atomic mass is 9.75. The van der Waals surface area contributed by atoms with Crippen molar-refractivity contribution in [3.8, 4) is 0 Å². The molecule has 4 heterocycles. The van der Waals surface area contributed by atoms with Gasteiger partial charge in [-0.1, -0.05) is 62.4 Å². The van der Waals surface area contributed by atoms with Crippen molar-refractivity contribution < 1.29 is 78.4 Å². The second-order valence-corrected chi connectivity index (χ2v) is 20.8. The molecule has 4 fully saturated rings. The number of hydrogen-bond acceptors (Lipinski definition) is 18. The van der Waals surface area contributed by atoms with Crippen molar-refractivity contribution in [2.75, 3.05) is 6.61 Å². The average Bonchev–Trinajstić information content (AvgIpc) is 4.04. The Morgan fingerprint density at radius 3 is 2.39 bits per heavy atom. The number of nitrogens with zero attached hydrogens (tertiary/aromatic N) is 4. The minimum absolute atomic E-state index is 0.0255. The highest BCUT2D eigenvalue weighted by atomic mass is 16.7. The van der Waals surface area contributed by atoms with Crippen LogP contribution in [-0.2, 0) is 57.4 Å². The van der Waals surface area contributed by atoms with Crippen molar-refractivity contribution in [2.45, 2.75) is 190 Å². The predicted molar refractivity (Wildman–Crippen MR) is 265 cm³/mol. The van der Waals surface area contributed by atoms with Crippen LogP contribution in [0.5, 0.6) is 0 Å². The van der Waals surface area contributed by atoms with Crippen molar-refractivity contribution in [3.05, 3.63) is 87.9 Å². The van der Waals surface area contributed by atoms with Crippen LogP contribution < -0.4 is 0 Å². The van der Waals surface area contributed by atoms with Crippen LogP contribution in [0.2, 0.25) is 0 Å². The van der Waals surface area contributed by atoms with E-state index in [-0.39, 0.29) is 42.2 Å². The molecular weight excluding hydrogens is 979 g/mol. The molecule has 22 heteroatoms. The molecule has 15 atom stereocenters. The summed E-state index contributed by atoms with van der Waals surface area (Å²) in [4.78, 5) is 55.0. The van der Waals surface area contributed by atoms with Gasteiger partial charge in [-0.25, -0.2) is 9.59 Å². The number of carboxylic acids is 1. The lowest BCUT2D eigenvalue weighted by Gasteiger charge is -2.48. The SMILES string of the molecule is CC1O[C@@H](O[C@@H]2C(C)CC(C(=O)CCCCc3cn(CCCc4c[nH]c5ccc([N+](=O)[O-])cc45)nn3)C[C@H]2O[C@@H]2O[C@@H](CO)[C@H](O)C(O[C@@H](CC3CCCCC3)C(=O)O)C2OC(=O)c2ccccc2)C(O)[C@@H](O)[C@@H]1O. The zero-order valence-corrected chi connectivity index (χ0v) is 42.3. The molecule has 2 saturated carbocycles. The minimum atomic E-state index is -1.70. The fourth-order valence-electron chi connectivity index (χ4n) is 11.1. The van der Waals surface area contributed by atoms with Crippen LogP contribution >= 0.6 is 0 Å². The number of carbonyl (C=O) groups is 3. The van der Waals surface area contributed by atoms with E-state index >= 15 is 0 Å². The number of hydrogen-bond donors (Lipinski definition) is 7. The normalized spacial score (nSPS) is 31.0. The molecule has 4 aliphatic rings. The van der Waals surface area contributed by atoms with E-state index in [1.807, 2.05) is 19.3 Å². The Kier molecular flexibility index (Phi) is 19.2. The van der Waals surface area contributed by atoms with Crippen molar-refractivity contribution in [3.63, 3.8) is 0 Å². The number of nitro groups is 1. The second kappa shape index (κ2) is 25.7. The topological polar surface area (TPSA) is 318 Å². The quantitative estimate of drug-likeness (QED) is 0.0235. The fourth-order valence-corrected chi connectivity index (χ4v) is 11.1. The van der Waals surface area contributed by atoms with Crippen LogP contribution in [0, 0.1) is 27.9 Å². The molecule has 0 spiro atoms. The maximum absolute atomic E-state index is 14.2. The summed E-state index contributed by atoms with van der Waals surface area (Å²) in [5, 5.41) is 85.7. The molecule has 22 nitrogen and oxygen atoms in total. The zero-order valence-electron chi connectivity index (χ0n) is 42.3. The summed E-state index contributed by atoms with van der Waals surface area (Å²) in [7, 11) is 0. The lowest BCUT2D eigenvalue weighted by Crippen LogP contribution is -2.64. The number of nitro benzene ring substituents is 1. The summed E-state index contributed by atoms with van der Waals surface area (Å²) >= 11 is 0. The van der Waals surface area contributed by atoms with Crippen molar-refractivity contribution in [1.29, 1.82) is 0 Å². The van der Waals surface area contributed by atoms with E-state index < -0.39 is 115 Å². The van der Waals surface area contributed by atoms with Gasteiger partial charge in [0.05, 0.1) is 41.1 Å². The predicted octanol–water partition coefficient (Wildman–Crippen LogP) is 4.34. The number of rotatable bonds is 23. The summed E-state index contributed by atoms with van der Waals surface area (Å²) in [5.41, 5.74) is 2.72. The number of aliphatic carboxylic acids is 1. The summed E-state index contributed by atoms with van der Waals surface area (Å²) < 4.78 is 39.3. The van der Waals surface area contributed by atoms with Gasteiger partial charge >= 0.3 is 11.9 Å². The van der Waals surface area contributed by atoms with Gasteiger partial charge in [0.15, 0.2) is 24.8 Å². The number of H-pyrrole nitrogens is 1. The molecule has 4 aromatic rings. The Labute approximate surface area is 433 Å². The van der Waals surface area contributed by atoms with Crippen molar-refractivity contribution in [2.24, 2.45) is 17.8 Å². The first kappa shape index (κ1) is 55.9. The van der Waals surface area contributed by atoms with Crippen molar-refractivity contribution >= 4 is 34.3 Å². The lowest BCUT2D eigenvalue weighted by molar-refractivity contribution is -0.384. The summed E-state index contributed by atoms with van der Waals surface area (Å²) in [6.07, 6.45) is -6.56. The molecule has 2 aliphatic carbocycles. The van der Waals surface area contributed by atoms with Crippen LogP contribution in [0.4, 0.5) is 5.69 Å². The number of benzene rings is 2. The van der Waals surface area contributed by atoms with Gasteiger partial charge in [0.1, 0.15) is 42.4 Å². The Morgan fingerprint density at radius 2 is 1.65 bits per heavy atom. The van der Waals surface area contributed by atoms with Crippen LogP contribution in [-0.4, -0.2) is 160 Å². The number of aliphatic hydroxyl groups is 5. The number of carboxylic acid groups (broad SMARTS) is 1. The highest BCUT2D eigenvalue weighted by Crippen LogP contribution is 2.40. The third-order valence-electron chi connectivity index (χ3n) is 15.4. The van der Waals surface area contributed by atoms with Gasteiger partial charge in [-0.3, -0.25) is 19.6 Å². The van der Waals surface area contributed by atoms with Crippen LogP contribution in [0.15, 0.2) is 60.9 Å².